The van der Waals surface area contributed by atoms with E-state index in [1.165, 1.54) is 25.7 Å². The lowest BCUT2D eigenvalue weighted by Gasteiger charge is -2.27. The average molecular weight is 504 g/mol. The highest BCUT2D eigenvalue weighted by atomic mass is 127. The molecule has 1 saturated carbocycles. The Morgan fingerprint density at radius 1 is 1.15 bits per heavy atom. The second-order valence-corrected chi connectivity index (χ2v) is 8.82. The van der Waals surface area contributed by atoms with Gasteiger partial charge in [0.1, 0.15) is 0 Å². The largest absolute Gasteiger partial charge is 0.385 e. The molecule has 7 nitrogen and oxygen atoms in total. The summed E-state index contributed by atoms with van der Waals surface area (Å²) in [6.45, 7) is 7.22. The van der Waals surface area contributed by atoms with Crippen molar-refractivity contribution in [1.29, 1.82) is 0 Å². The van der Waals surface area contributed by atoms with Crippen LogP contribution in [0.5, 0.6) is 0 Å². The molecule has 1 fully saturated rings. The number of sulfonamides is 1. The van der Waals surface area contributed by atoms with Crippen LogP contribution in [0.25, 0.3) is 0 Å². The van der Waals surface area contributed by atoms with Crippen LogP contribution in [0.1, 0.15) is 52.4 Å². The topological polar surface area (TPSA) is 91.8 Å². The summed E-state index contributed by atoms with van der Waals surface area (Å²) in [5.74, 6) is 0.929. The average Bonchev–Trinajstić information content (AvgIpc) is 3.06. The van der Waals surface area contributed by atoms with Crippen molar-refractivity contribution in [2.75, 3.05) is 45.6 Å². The Labute approximate surface area is 176 Å². The van der Waals surface area contributed by atoms with Crippen LogP contribution in [0.15, 0.2) is 4.99 Å². The summed E-state index contributed by atoms with van der Waals surface area (Å²) >= 11 is 0. The fourth-order valence-corrected chi connectivity index (χ4v) is 3.80. The minimum atomic E-state index is -3.10. The van der Waals surface area contributed by atoms with Gasteiger partial charge in [-0.2, -0.15) is 0 Å². The van der Waals surface area contributed by atoms with Gasteiger partial charge >= 0.3 is 0 Å². The molecule has 0 atom stereocenters. The molecule has 0 radical (unpaired) electrons. The lowest BCUT2D eigenvalue weighted by molar-refractivity contribution is 0.141. The molecule has 156 valence electrons. The molecule has 0 aromatic carbocycles. The number of methoxy groups -OCH3 is 1. The molecule has 0 amide bonds. The van der Waals surface area contributed by atoms with E-state index in [0.29, 0.717) is 13.1 Å². The summed E-state index contributed by atoms with van der Waals surface area (Å²) in [6, 6.07) is 0. The monoisotopic (exact) mass is 504 g/mol. The summed E-state index contributed by atoms with van der Waals surface area (Å²) in [7, 11) is -1.35. The van der Waals surface area contributed by atoms with E-state index in [4.69, 9.17) is 9.73 Å². The highest BCUT2D eigenvalue weighted by molar-refractivity contribution is 14.0. The molecule has 1 aliphatic carbocycles. The van der Waals surface area contributed by atoms with Gasteiger partial charge in [0.15, 0.2) is 5.96 Å². The quantitative estimate of drug-likeness (QED) is 0.164. The molecule has 0 aromatic heterocycles. The minimum absolute atomic E-state index is 0. The maximum Gasteiger partial charge on any atom is 0.211 e. The predicted octanol–water partition coefficient (Wildman–Crippen LogP) is 2.09. The van der Waals surface area contributed by atoms with E-state index in [9.17, 15) is 8.42 Å². The van der Waals surface area contributed by atoms with Gasteiger partial charge in [-0.25, -0.2) is 13.1 Å². The predicted molar refractivity (Wildman–Crippen MR) is 119 cm³/mol. The Bertz CT molecular complexity index is 494. The maximum atomic E-state index is 11.4. The van der Waals surface area contributed by atoms with E-state index in [0.717, 1.165) is 38.5 Å². The first-order valence-electron chi connectivity index (χ1n) is 9.45. The molecule has 0 spiro atoms. The first-order valence-corrected chi connectivity index (χ1v) is 11.1. The van der Waals surface area contributed by atoms with Gasteiger partial charge in [0, 0.05) is 39.9 Å². The number of hydrogen-bond acceptors (Lipinski definition) is 4. The fraction of sp³-hybridized carbons (Fsp3) is 0.941. The van der Waals surface area contributed by atoms with Crippen molar-refractivity contribution >= 4 is 40.0 Å². The highest BCUT2D eigenvalue weighted by Crippen LogP contribution is 2.41. The van der Waals surface area contributed by atoms with E-state index < -0.39 is 10.0 Å². The number of nitrogens with one attached hydrogen (secondary N) is 3. The Morgan fingerprint density at radius 2 is 1.85 bits per heavy atom. The number of rotatable bonds is 12. The van der Waals surface area contributed by atoms with E-state index in [2.05, 4.69) is 15.4 Å². The van der Waals surface area contributed by atoms with E-state index in [-0.39, 0.29) is 35.1 Å². The SMILES string of the molecule is CCNC(=NCC1(CCOC)CCCC1)NCCCNS(=O)(=O)CC.I. The zero-order valence-electron chi connectivity index (χ0n) is 16.5. The maximum absolute atomic E-state index is 11.4. The highest BCUT2D eigenvalue weighted by Gasteiger charge is 2.33. The molecule has 0 aromatic rings. The van der Waals surface area contributed by atoms with E-state index >= 15 is 0 Å². The minimum Gasteiger partial charge on any atom is -0.385 e. The van der Waals surface area contributed by atoms with Crippen molar-refractivity contribution in [3.05, 3.63) is 0 Å². The Balaban J connectivity index is 0.00000625. The van der Waals surface area contributed by atoms with Crippen LogP contribution in [0.4, 0.5) is 0 Å². The zero-order chi connectivity index (χ0) is 18.6. The number of halogens is 1. The van der Waals surface area contributed by atoms with Gasteiger partial charge in [0.2, 0.25) is 10.0 Å². The van der Waals surface area contributed by atoms with Gasteiger partial charge in [-0.3, -0.25) is 4.99 Å². The normalized spacial score (nSPS) is 17.0. The van der Waals surface area contributed by atoms with Crippen LogP contribution in [0.2, 0.25) is 0 Å². The van der Waals surface area contributed by atoms with Gasteiger partial charge in [0.05, 0.1) is 5.75 Å². The molecule has 9 heteroatoms. The number of aliphatic imine (C=N–C) groups is 1. The summed E-state index contributed by atoms with van der Waals surface area (Å²) in [5, 5.41) is 6.56. The van der Waals surface area contributed by atoms with E-state index in [1.807, 2.05) is 6.92 Å². The first-order chi connectivity index (χ1) is 12.0. The molecule has 1 aliphatic rings. The van der Waals surface area contributed by atoms with Crippen LogP contribution in [-0.2, 0) is 14.8 Å². The molecule has 0 unspecified atom stereocenters. The standard InChI is InChI=1S/C17H36N4O3S.HI/c1-4-18-16(19-12-8-13-21-25(22,23)5-2)20-15-17(11-14-24-3)9-6-7-10-17;/h21H,4-15H2,1-3H3,(H2,18,19,20);1H. The Kier molecular flexibility index (Phi) is 13.9. The second kappa shape index (κ2) is 14.0. The van der Waals surface area contributed by atoms with Gasteiger partial charge in [-0.05, 0) is 44.9 Å². The van der Waals surface area contributed by atoms with Gasteiger partial charge < -0.3 is 15.4 Å². The van der Waals surface area contributed by atoms with Crippen molar-refractivity contribution in [2.24, 2.45) is 10.4 Å². The number of hydrogen-bond donors (Lipinski definition) is 3. The molecule has 1 rings (SSSR count). The van der Waals surface area contributed by atoms with Crippen molar-refractivity contribution in [1.82, 2.24) is 15.4 Å². The number of ether oxygens (including phenoxy) is 1. The van der Waals surface area contributed by atoms with Crippen molar-refractivity contribution in [3.63, 3.8) is 0 Å². The van der Waals surface area contributed by atoms with Gasteiger partial charge in [-0.1, -0.05) is 12.8 Å². The van der Waals surface area contributed by atoms with Crippen LogP contribution < -0.4 is 15.4 Å². The third-order valence-corrected chi connectivity index (χ3v) is 6.17. The van der Waals surface area contributed by atoms with Crippen LogP contribution in [0, 0.1) is 5.41 Å². The lowest BCUT2D eigenvalue weighted by Crippen LogP contribution is -2.39. The smallest absolute Gasteiger partial charge is 0.211 e. The molecule has 3 N–H and O–H groups in total. The summed E-state index contributed by atoms with van der Waals surface area (Å²) in [5.41, 5.74) is 0.273. The molecule has 0 bridgehead atoms. The molecule has 0 heterocycles. The first kappa shape index (κ1) is 25.9. The van der Waals surface area contributed by atoms with Crippen molar-refractivity contribution in [2.45, 2.75) is 52.4 Å². The van der Waals surface area contributed by atoms with Gasteiger partial charge in [0.25, 0.3) is 0 Å². The summed E-state index contributed by atoms with van der Waals surface area (Å²) in [4.78, 5) is 4.78. The van der Waals surface area contributed by atoms with Gasteiger partial charge in [-0.15, -0.1) is 24.0 Å². The molecular formula is C17H37IN4O3S. The van der Waals surface area contributed by atoms with Crippen molar-refractivity contribution in [3.8, 4) is 0 Å². The van der Waals surface area contributed by atoms with Crippen LogP contribution in [0.3, 0.4) is 0 Å². The van der Waals surface area contributed by atoms with Crippen LogP contribution in [-0.4, -0.2) is 60.0 Å². The van der Waals surface area contributed by atoms with Crippen molar-refractivity contribution < 1.29 is 13.2 Å². The lowest BCUT2D eigenvalue weighted by atomic mass is 9.83. The third kappa shape index (κ3) is 10.3. The Hall–Kier alpha value is -0.130. The molecule has 0 saturated heterocycles. The van der Waals surface area contributed by atoms with Crippen LogP contribution >= 0.6 is 24.0 Å². The summed E-state index contributed by atoms with van der Waals surface area (Å²) < 4.78 is 30.6. The zero-order valence-corrected chi connectivity index (χ0v) is 19.6. The molecule has 0 aliphatic heterocycles. The number of guanidine groups is 1. The summed E-state index contributed by atoms with van der Waals surface area (Å²) in [6.07, 6.45) is 6.78. The van der Waals surface area contributed by atoms with E-state index in [1.54, 1.807) is 14.0 Å². The second-order valence-electron chi connectivity index (χ2n) is 6.72. The molecule has 26 heavy (non-hydrogen) atoms. The fourth-order valence-electron chi connectivity index (χ4n) is 3.14. The molecular weight excluding hydrogens is 467 g/mol. The third-order valence-electron chi connectivity index (χ3n) is 4.77. The number of nitrogens with zero attached hydrogens (tertiary/aromatic N) is 1. The Morgan fingerprint density at radius 3 is 2.42 bits per heavy atom.